The molecule has 0 aliphatic heterocycles. The maximum absolute atomic E-state index is 13.0. The van der Waals surface area contributed by atoms with Crippen molar-refractivity contribution in [3.63, 3.8) is 0 Å². The van der Waals surface area contributed by atoms with Crippen LogP contribution < -0.4 is 4.74 Å². The van der Waals surface area contributed by atoms with Crippen LogP contribution in [0, 0.1) is 24.0 Å². The molecule has 0 fully saturated rings. The number of terminal acetylenes is 1. The molecule has 0 N–H and O–H groups in total. The fraction of sp³-hybridized carbons (Fsp3) is 0.0667. The Bertz CT molecular complexity index is 579. The number of hydrogen-bond acceptors (Lipinski definition) is 1. The van der Waals surface area contributed by atoms with E-state index in [1.807, 2.05) is 0 Å². The van der Waals surface area contributed by atoms with Gasteiger partial charge in [-0.05, 0) is 35.9 Å². The molecule has 2 aromatic rings. The van der Waals surface area contributed by atoms with E-state index >= 15 is 0 Å². The number of rotatable bonds is 3. The molecular weight excluding hydrogens is 234 g/mol. The summed E-state index contributed by atoms with van der Waals surface area (Å²) in [5, 5.41) is 0. The van der Waals surface area contributed by atoms with Crippen molar-refractivity contribution in [3.8, 4) is 18.1 Å². The van der Waals surface area contributed by atoms with Gasteiger partial charge < -0.3 is 4.74 Å². The predicted octanol–water partition coefficient (Wildman–Crippen LogP) is 3.53. The first-order chi connectivity index (χ1) is 8.67. The highest BCUT2D eigenvalue weighted by Gasteiger charge is 2.02. The van der Waals surface area contributed by atoms with Gasteiger partial charge in [-0.3, -0.25) is 0 Å². The molecule has 0 bridgehead atoms. The van der Waals surface area contributed by atoms with Gasteiger partial charge in [0.15, 0.2) is 0 Å². The van der Waals surface area contributed by atoms with E-state index in [1.165, 1.54) is 12.1 Å². The maximum Gasteiger partial charge on any atom is 0.126 e. The molecular formula is C15H10F2O. The zero-order chi connectivity index (χ0) is 13.0. The smallest absolute Gasteiger partial charge is 0.126 e. The topological polar surface area (TPSA) is 9.23 Å². The Hall–Kier alpha value is -2.34. The van der Waals surface area contributed by atoms with E-state index in [4.69, 9.17) is 11.2 Å². The molecule has 3 heteroatoms. The Kier molecular flexibility index (Phi) is 3.59. The van der Waals surface area contributed by atoms with Crippen molar-refractivity contribution in [1.29, 1.82) is 0 Å². The van der Waals surface area contributed by atoms with Crippen LogP contribution in [0.5, 0.6) is 5.75 Å². The monoisotopic (exact) mass is 244 g/mol. The Morgan fingerprint density at radius 1 is 1.06 bits per heavy atom. The highest BCUT2D eigenvalue weighted by Crippen LogP contribution is 2.15. The van der Waals surface area contributed by atoms with Gasteiger partial charge >= 0.3 is 0 Å². The van der Waals surface area contributed by atoms with Crippen LogP contribution in [-0.4, -0.2) is 0 Å². The van der Waals surface area contributed by atoms with E-state index in [0.717, 1.165) is 6.07 Å². The van der Waals surface area contributed by atoms with Gasteiger partial charge in [0, 0.05) is 11.6 Å². The molecule has 0 atom stereocenters. The van der Waals surface area contributed by atoms with Crippen LogP contribution in [0.2, 0.25) is 0 Å². The minimum atomic E-state index is -0.619. The molecule has 0 saturated heterocycles. The van der Waals surface area contributed by atoms with E-state index < -0.39 is 11.6 Å². The summed E-state index contributed by atoms with van der Waals surface area (Å²) in [5.74, 6) is 1.81. The van der Waals surface area contributed by atoms with Crippen molar-refractivity contribution in [3.05, 3.63) is 65.2 Å². The van der Waals surface area contributed by atoms with Crippen LogP contribution in [0.1, 0.15) is 11.1 Å². The van der Waals surface area contributed by atoms with Crippen molar-refractivity contribution >= 4 is 0 Å². The lowest BCUT2D eigenvalue weighted by atomic mass is 10.2. The first kappa shape index (κ1) is 12.1. The summed E-state index contributed by atoms with van der Waals surface area (Å²) in [6.45, 7) is 0.0860. The molecule has 2 aromatic carbocycles. The van der Waals surface area contributed by atoms with Gasteiger partial charge in [0.2, 0.25) is 0 Å². The Labute approximate surface area is 104 Å². The summed E-state index contributed by atoms with van der Waals surface area (Å²) in [5.41, 5.74) is 1.12. The molecule has 1 nitrogen and oxygen atoms in total. The van der Waals surface area contributed by atoms with Gasteiger partial charge in [-0.2, -0.15) is 0 Å². The predicted molar refractivity (Wildman–Crippen MR) is 65.1 cm³/mol. The van der Waals surface area contributed by atoms with Crippen LogP contribution >= 0.6 is 0 Å². The highest BCUT2D eigenvalue weighted by molar-refractivity contribution is 5.38. The molecule has 0 amide bonds. The van der Waals surface area contributed by atoms with Crippen LogP contribution in [0.4, 0.5) is 8.78 Å². The number of ether oxygens (including phenoxy) is 1. The summed E-state index contributed by atoms with van der Waals surface area (Å²) >= 11 is 0. The largest absolute Gasteiger partial charge is 0.489 e. The molecule has 0 spiro atoms. The zero-order valence-corrected chi connectivity index (χ0v) is 9.49. The fourth-order valence-corrected chi connectivity index (χ4v) is 1.54. The van der Waals surface area contributed by atoms with Crippen molar-refractivity contribution in [2.75, 3.05) is 0 Å². The molecule has 2 rings (SSSR count). The van der Waals surface area contributed by atoms with Gasteiger partial charge in [0.25, 0.3) is 0 Å². The van der Waals surface area contributed by atoms with Crippen molar-refractivity contribution in [2.24, 2.45) is 0 Å². The van der Waals surface area contributed by atoms with Gasteiger partial charge in [0.05, 0.1) is 0 Å². The van der Waals surface area contributed by atoms with Gasteiger partial charge in [-0.25, -0.2) is 8.78 Å². The van der Waals surface area contributed by atoms with E-state index in [2.05, 4.69) is 5.92 Å². The third-order valence-corrected chi connectivity index (χ3v) is 2.33. The summed E-state index contributed by atoms with van der Waals surface area (Å²) in [6.07, 6.45) is 5.26. The second-order valence-corrected chi connectivity index (χ2v) is 3.74. The first-order valence-electron chi connectivity index (χ1n) is 5.32. The lowest BCUT2D eigenvalue weighted by Crippen LogP contribution is -1.97. The molecule has 0 unspecified atom stereocenters. The molecule has 18 heavy (non-hydrogen) atoms. The number of hydrogen-bond donors (Lipinski definition) is 0. The van der Waals surface area contributed by atoms with E-state index in [9.17, 15) is 8.78 Å². The van der Waals surface area contributed by atoms with Crippen LogP contribution in [0.3, 0.4) is 0 Å². The highest BCUT2D eigenvalue weighted by atomic mass is 19.1. The lowest BCUT2D eigenvalue weighted by molar-refractivity contribution is 0.304. The second-order valence-electron chi connectivity index (χ2n) is 3.74. The summed E-state index contributed by atoms with van der Waals surface area (Å²) < 4.78 is 31.3. The molecule has 0 aliphatic rings. The molecule has 0 aromatic heterocycles. The van der Waals surface area contributed by atoms with Crippen LogP contribution in [-0.2, 0) is 6.61 Å². The van der Waals surface area contributed by atoms with Crippen molar-refractivity contribution < 1.29 is 13.5 Å². The maximum atomic E-state index is 13.0. The summed E-state index contributed by atoms with van der Waals surface area (Å²) in [7, 11) is 0. The molecule has 0 saturated carbocycles. The fourth-order valence-electron chi connectivity index (χ4n) is 1.54. The minimum Gasteiger partial charge on any atom is -0.489 e. The number of halogens is 2. The normalized spacial score (nSPS) is 9.83. The van der Waals surface area contributed by atoms with E-state index in [-0.39, 0.29) is 6.61 Å². The lowest BCUT2D eigenvalue weighted by Gasteiger charge is -2.07. The Morgan fingerprint density at radius 3 is 2.44 bits per heavy atom. The van der Waals surface area contributed by atoms with Gasteiger partial charge in [-0.1, -0.05) is 12.0 Å². The second kappa shape index (κ2) is 5.33. The first-order valence-corrected chi connectivity index (χ1v) is 5.32. The van der Waals surface area contributed by atoms with Gasteiger partial charge in [0.1, 0.15) is 24.0 Å². The molecule has 90 valence electrons. The zero-order valence-electron chi connectivity index (χ0n) is 9.49. The van der Waals surface area contributed by atoms with Crippen molar-refractivity contribution in [1.82, 2.24) is 0 Å². The standard InChI is InChI=1S/C15H10F2O/c1-2-11-4-3-5-15(8-11)18-10-12-6-13(16)9-14(17)7-12/h1,3-9H,10H2. The van der Waals surface area contributed by atoms with E-state index in [0.29, 0.717) is 16.9 Å². The Morgan fingerprint density at radius 2 is 1.78 bits per heavy atom. The minimum absolute atomic E-state index is 0.0860. The third kappa shape index (κ3) is 3.08. The van der Waals surface area contributed by atoms with Gasteiger partial charge in [-0.15, -0.1) is 6.42 Å². The van der Waals surface area contributed by atoms with Crippen molar-refractivity contribution in [2.45, 2.75) is 6.61 Å². The SMILES string of the molecule is C#Cc1cccc(OCc2cc(F)cc(F)c2)c1. The average Bonchev–Trinajstić information content (AvgIpc) is 2.35. The summed E-state index contributed by atoms with van der Waals surface area (Å²) in [4.78, 5) is 0. The van der Waals surface area contributed by atoms with E-state index in [1.54, 1.807) is 24.3 Å². The summed E-state index contributed by atoms with van der Waals surface area (Å²) in [6, 6.07) is 10.2. The molecule has 0 radical (unpaired) electrons. The third-order valence-electron chi connectivity index (χ3n) is 2.33. The Balaban J connectivity index is 2.09. The quantitative estimate of drug-likeness (QED) is 0.750. The average molecular weight is 244 g/mol. The molecule has 0 heterocycles. The van der Waals surface area contributed by atoms with Crippen LogP contribution in [0.15, 0.2) is 42.5 Å². The van der Waals surface area contributed by atoms with Crippen LogP contribution in [0.25, 0.3) is 0 Å². The molecule has 0 aliphatic carbocycles. The number of benzene rings is 2.